The van der Waals surface area contributed by atoms with Crippen LogP contribution in [0.3, 0.4) is 0 Å². The van der Waals surface area contributed by atoms with Crippen LogP contribution in [0.1, 0.15) is 5.69 Å². The number of aryl methyl sites for hydroxylation is 1. The first kappa shape index (κ1) is 12.7. The maximum Gasteiger partial charge on any atom is 0.325 e. The molecule has 0 spiro atoms. The van der Waals surface area contributed by atoms with Gasteiger partial charge in [-0.05, 0) is 25.1 Å². The first-order chi connectivity index (χ1) is 8.54. The molecule has 1 aromatic carbocycles. The van der Waals surface area contributed by atoms with Gasteiger partial charge in [-0.3, -0.25) is 5.32 Å². The van der Waals surface area contributed by atoms with Crippen molar-refractivity contribution in [2.45, 2.75) is 6.92 Å². The van der Waals surface area contributed by atoms with Crippen LogP contribution in [-0.4, -0.2) is 11.0 Å². The molecule has 1 aromatic heterocycles. The number of nitrogens with two attached hydrogens (primary N) is 1. The lowest BCUT2D eigenvalue weighted by Crippen LogP contribution is -2.19. The molecular weight excluding hydrogens is 272 g/mol. The summed E-state index contributed by atoms with van der Waals surface area (Å²) in [5.41, 5.74) is 6.97. The monoisotopic (exact) mass is 282 g/mol. The van der Waals surface area contributed by atoms with E-state index in [1.54, 1.807) is 31.2 Å². The summed E-state index contributed by atoms with van der Waals surface area (Å²) in [6.07, 6.45) is 0. The molecule has 0 saturated heterocycles. The summed E-state index contributed by atoms with van der Waals surface area (Å²) >= 11 is 7.04. The maximum atomic E-state index is 11.7. The van der Waals surface area contributed by atoms with Gasteiger partial charge in [0.1, 0.15) is 5.00 Å². The Morgan fingerprint density at radius 3 is 2.83 bits per heavy atom. The first-order valence-electron chi connectivity index (χ1n) is 5.11. The molecule has 2 aromatic rings. The van der Waals surface area contributed by atoms with Gasteiger partial charge in [0.15, 0.2) is 5.13 Å². The van der Waals surface area contributed by atoms with Crippen molar-refractivity contribution >= 4 is 44.8 Å². The minimum Gasteiger partial charge on any atom is -0.389 e. The average molecular weight is 283 g/mol. The van der Waals surface area contributed by atoms with Crippen molar-refractivity contribution < 1.29 is 4.79 Å². The molecule has 18 heavy (non-hydrogen) atoms. The molecule has 0 unspecified atom stereocenters. The molecule has 0 aliphatic heterocycles. The topological polar surface area (TPSA) is 80.0 Å². The standard InChI is InChI=1S/C11H11ClN4OS/c1-6-9(13)18-11(14-6)16-10(17)15-8-4-2-3-7(12)5-8/h2-5H,13H2,1H3,(H2,14,15,16,17). The number of nitrogens with zero attached hydrogens (tertiary/aromatic N) is 1. The molecule has 7 heteroatoms. The average Bonchev–Trinajstić information content (AvgIpc) is 2.57. The van der Waals surface area contributed by atoms with Crippen molar-refractivity contribution in [3.8, 4) is 0 Å². The minimum absolute atomic E-state index is 0.383. The highest BCUT2D eigenvalue weighted by atomic mass is 35.5. The summed E-state index contributed by atoms with van der Waals surface area (Å²) in [6, 6.07) is 6.50. The van der Waals surface area contributed by atoms with Crippen LogP contribution in [0.25, 0.3) is 0 Å². The van der Waals surface area contributed by atoms with Crippen molar-refractivity contribution in [3.05, 3.63) is 35.0 Å². The Morgan fingerprint density at radius 2 is 2.22 bits per heavy atom. The number of rotatable bonds is 2. The van der Waals surface area contributed by atoms with E-state index in [-0.39, 0.29) is 6.03 Å². The van der Waals surface area contributed by atoms with E-state index in [1.807, 2.05) is 0 Å². The Kier molecular flexibility index (Phi) is 3.69. The molecular formula is C11H11ClN4OS. The van der Waals surface area contributed by atoms with Gasteiger partial charge >= 0.3 is 6.03 Å². The van der Waals surface area contributed by atoms with E-state index in [2.05, 4.69) is 15.6 Å². The summed E-state index contributed by atoms with van der Waals surface area (Å²) in [4.78, 5) is 15.8. The highest BCUT2D eigenvalue weighted by Gasteiger charge is 2.08. The summed E-state index contributed by atoms with van der Waals surface area (Å²) in [5.74, 6) is 0. The predicted molar refractivity (Wildman–Crippen MR) is 75.4 cm³/mol. The number of hydrogen-bond acceptors (Lipinski definition) is 4. The van der Waals surface area contributed by atoms with Gasteiger partial charge in [-0.2, -0.15) is 0 Å². The largest absolute Gasteiger partial charge is 0.389 e. The molecule has 2 amide bonds. The Hall–Kier alpha value is -1.79. The Balaban J connectivity index is 2.01. The third-order valence-electron chi connectivity index (χ3n) is 2.14. The van der Waals surface area contributed by atoms with Crippen LogP contribution in [0.15, 0.2) is 24.3 Å². The zero-order chi connectivity index (χ0) is 13.1. The predicted octanol–water partition coefficient (Wildman–Crippen LogP) is 3.33. The van der Waals surface area contributed by atoms with Gasteiger partial charge in [0.25, 0.3) is 0 Å². The Labute approximate surface area is 113 Å². The van der Waals surface area contributed by atoms with E-state index in [1.165, 1.54) is 11.3 Å². The normalized spacial score (nSPS) is 10.1. The molecule has 0 atom stereocenters. The first-order valence-corrected chi connectivity index (χ1v) is 6.30. The van der Waals surface area contributed by atoms with Crippen LogP contribution in [0.5, 0.6) is 0 Å². The van der Waals surface area contributed by atoms with Gasteiger partial charge in [0.2, 0.25) is 0 Å². The smallest absolute Gasteiger partial charge is 0.325 e. The van der Waals surface area contributed by atoms with Crippen molar-refractivity contribution in [3.63, 3.8) is 0 Å². The zero-order valence-corrected chi connectivity index (χ0v) is 11.1. The number of urea groups is 1. The Bertz CT molecular complexity index is 565. The van der Waals surface area contributed by atoms with E-state index in [0.717, 1.165) is 0 Å². The van der Waals surface area contributed by atoms with Crippen LogP contribution in [0.2, 0.25) is 5.02 Å². The van der Waals surface area contributed by atoms with Crippen LogP contribution < -0.4 is 16.4 Å². The van der Waals surface area contributed by atoms with E-state index in [9.17, 15) is 4.79 Å². The van der Waals surface area contributed by atoms with Gasteiger partial charge < -0.3 is 11.1 Å². The molecule has 0 saturated carbocycles. The summed E-state index contributed by atoms with van der Waals surface area (Å²) in [7, 11) is 0. The SMILES string of the molecule is Cc1nc(NC(=O)Nc2cccc(Cl)c2)sc1N. The number of nitrogens with one attached hydrogen (secondary N) is 2. The minimum atomic E-state index is -0.383. The second-order valence-corrected chi connectivity index (χ2v) is 5.03. The summed E-state index contributed by atoms with van der Waals surface area (Å²) < 4.78 is 0. The third kappa shape index (κ3) is 3.12. The number of carbonyl (C=O) groups excluding carboxylic acids is 1. The number of thiazole rings is 1. The number of halogens is 1. The van der Waals surface area contributed by atoms with Crippen LogP contribution in [-0.2, 0) is 0 Å². The Morgan fingerprint density at radius 1 is 1.44 bits per heavy atom. The molecule has 0 aliphatic rings. The van der Waals surface area contributed by atoms with Crippen molar-refractivity contribution in [2.75, 3.05) is 16.4 Å². The van der Waals surface area contributed by atoms with Gasteiger partial charge in [-0.1, -0.05) is 29.0 Å². The molecule has 2 rings (SSSR count). The van der Waals surface area contributed by atoms with Gasteiger partial charge in [-0.15, -0.1) is 0 Å². The van der Waals surface area contributed by atoms with Gasteiger partial charge in [-0.25, -0.2) is 9.78 Å². The number of anilines is 3. The van der Waals surface area contributed by atoms with E-state index in [4.69, 9.17) is 17.3 Å². The maximum absolute atomic E-state index is 11.7. The molecule has 4 N–H and O–H groups in total. The number of nitrogen functional groups attached to an aromatic ring is 1. The highest BCUT2D eigenvalue weighted by molar-refractivity contribution is 7.19. The van der Waals surface area contributed by atoms with Gasteiger partial charge in [0.05, 0.1) is 5.69 Å². The van der Waals surface area contributed by atoms with Crippen molar-refractivity contribution in [1.29, 1.82) is 0 Å². The molecule has 0 fully saturated rings. The lowest BCUT2D eigenvalue weighted by atomic mass is 10.3. The number of carbonyl (C=O) groups is 1. The van der Waals surface area contributed by atoms with Gasteiger partial charge in [0, 0.05) is 10.7 Å². The van der Waals surface area contributed by atoms with E-state index >= 15 is 0 Å². The van der Waals surface area contributed by atoms with E-state index < -0.39 is 0 Å². The fourth-order valence-electron chi connectivity index (χ4n) is 1.29. The molecule has 0 aliphatic carbocycles. The van der Waals surface area contributed by atoms with E-state index in [0.29, 0.717) is 26.5 Å². The summed E-state index contributed by atoms with van der Waals surface area (Å²) in [5, 5.41) is 6.87. The number of aromatic nitrogens is 1. The van der Waals surface area contributed by atoms with Crippen LogP contribution in [0.4, 0.5) is 20.6 Å². The second-order valence-electron chi connectivity index (χ2n) is 3.56. The number of benzene rings is 1. The molecule has 1 heterocycles. The molecule has 0 radical (unpaired) electrons. The summed E-state index contributed by atoms with van der Waals surface area (Å²) in [6.45, 7) is 1.78. The fraction of sp³-hybridized carbons (Fsp3) is 0.0909. The highest BCUT2D eigenvalue weighted by Crippen LogP contribution is 2.24. The molecule has 94 valence electrons. The molecule has 0 bridgehead atoms. The lowest BCUT2D eigenvalue weighted by Gasteiger charge is -2.05. The molecule has 5 nitrogen and oxygen atoms in total. The number of amides is 2. The fourth-order valence-corrected chi connectivity index (χ4v) is 2.21. The zero-order valence-electron chi connectivity index (χ0n) is 9.53. The third-order valence-corrected chi connectivity index (χ3v) is 3.27. The lowest BCUT2D eigenvalue weighted by molar-refractivity contribution is 0.262. The van der Waals surface area contributed by atoms with Crippen molar-refractivity contribution in [2.24, 2.45) is 0 Å². The quantitative estimate of drug-likeness (QED) is 0.790. The van der Waals surface area contributed by atoms with Crippen molar-refractivity contribution in [1.82, 2.24) is 4.98 Å². The number of hydrogen-bond donors (Lipinski definition) is 3. The second kappa shape index (κ2) is 5.24. The van der Waals surface area contributed by atoms with Crippen LogP contribution >= 0.6 is 22.9 Å². The van der Waals surface area contributed by atoms with Crippen LogP contribution in [0, 0.1) is 6.92 Å².